The fraction of sp³-hybridized carbons (Fsp3) is 0.280. The average molecular weight is 1160 g/mol. The first-order valence-electron chi connectivity index (χ1n) is 22.3. The molecule has 7 rings (SSSR count). The maximum absolute atomic E-state index is 14.2. The van der Waals surface area contributed by atoms with Crippen LogP contribution in [0.2, 0.25) is 0 Å². The molecule has 0 spiro atoms. The molecule has 1 aliphatic rings. The minimum Gasteiger partial charge on any atom is -0.292 e. The summed E-state index contributed by atoms with van der Waals surface area (Å²) in [7, 11) is 0. The number of alkyl halides is 24. The maximum atomic E-state index is 14.2. The van der Waals surface area contributed by atoms with Crippen molar-refractivity contribution in [2.45, 2.75) is 81.6 Å². The van der Waals surface area contributed by atoms with Gasteiger partial charge in [0.1, 0.15) is 6.15 Å². The number of nitrogens with zero attached hydrogens (tertiary/aromatic N) is 2. The Bertz CT molecular complexity index is 2760. The Morgan fingerprint density at radius 1 is 0.430 bits per heavy atom. The molecule has 0 radical (unpaired) electrons. The number of carbonyl (C=O) groups excluding carboxylic acids is 2. The maximum Gasteiger partial charge on any atom is 0.416 e. The second-order valence-corrected chi connectivity index (χ2v) is 18.0. The molecule has 0 N–H and O–H groups in total. The summed E-state index contributed by atoms with van der Waals surface area (Å²) in [6.07, 6.45) is -45.6. The molecule has 79 heavy (non-hydrogen) atoms. The lowest BCUT2D eigenvalue weighted by Crippen LogP contribution is -2.75. The summed E-state index contributed by atoms with van der Waals surface area (Å²) in [5.41, 5.74) is -29.1. The largest absolute Gasteiger partial charge is 0.416 e. The van der Waals surface area contributed by atoms with Crippen LogP contribution in [0.25, 0.3) is 0 Å². The Labute approximate surface area is 428 Å². The van der Waals surface area contributed by atoms with Crippen LogP contribution in [0.15, 0.2) is 122 Å². The minimum absolute atomic E-state index is 0.0241. The highest BCUT2D eigenvalue weighted by Gasteiger charge is 2.47. The second-order valence-electron chi connectivity index (χ2n) is 18.0. The normalized spacial score (nSPS) is 14.5. The standard InChI is InChI=1S/C32H12BF24.C18H19N2O2/c34-25(35,36)13-1-14(26(37,38)39)6-21(5-13)33(22-7-15(27(40,41)42)2-16(8-22)28(43,44)45,23-9-17(29(46,47)48)3-18(10-23)30(49,50)51)24-11-19(31(52,53)54)4-20(12-24)32(55,56)57;21-17(14-6-2-1-3-7-14)13-20-11-10-19-16(12-20)18(22)15-8-4-5-9-15/h1-12H;1-3,6-7,10-12,15H,4-5,8-9,13H2/q-1;+1. The van der Waals surface area contributed by atoms with E-state index in [2.05, 4.69) is 4.98 Å². The molecule has 0 atom stereocenters. The number of carbonyl (C=O) groups is 2. The Hall–Kier alpha value is -7.10. The van der Waals surface area contributed by atoms with Gasteiger partial charge in [0.05, 0.1) is 50.7 Å². The van der Waals surface area contributed by atoms with Crippen LogP contribution in [0.1, 0.15) is 91.0 Å². The molecule has 29 heteroatoms. The molecule has 6 aromatic rings. The molecule has 5 aromatic carbocycles. The third-order valence-electron chi connectivity index (χ3n) is 12.6. The van der Waals surface area contributed by atoms with Gasteiger partial charge in [-0.25, -0.2) is 4.98 Å². The van der Waals surface area contributed by atoms with Crippen LogP contribution < -0.4 is 26.4 Å². The molecule has 4 nitrogen and oxygen atoms in total. The van der Waals surface area contributed by atoms with E-state index in [-0.39, 0.29) is 24.0 Å². The average Bonchev–Trinajstić information content (AvgIpc) is 4.04. The molecule has 0 bridgehead atoms. The smallest absolute Gasteiger partial charge is 0.292 e. The highest BCUT2D eigenvalue weighted by atomic mass is 19.4. The Balaban J connectivity index is 0.000000378. The second kappa shape index (κ2) is 21.5. The Morgan fingerprint density at radius 3 is 0.975 bits per heavy atom. The van der Waals surface area contributed by atoms with Crippen molar-refractivity contribution < 1.29 is 120 Å². The van der Waals surface area contributed by atoms with Gasteiger partial charge >= 0.3 is 49.4 Å². The van der Waals surface area contributed by atoms with Gasteiger partial charge in [-0.05, 0) is 37.1 Å². The highest BCUT2D eigenvalue weighted by molar-refractivity contribution is 7.20. The summed E-state index contributed by atoms with van der Waals surface area (Å²) < 4.78 is 343. The molecular formula is C50H31BF24N2O2. The van der Waals surface area contributed by atoms with Gasteiger partial charge in [-0.3, -0.25) is 9.59 Å². The van der Waals surface area contributed by atoms with E-state index in [1.165, 1.54) is 0 Å². The molecule has 424 valence electrons. The van der Waals surface area contributed by atoms with Crippen LogP contribution in [0.3, 0.4) is 0 Å². The predicted molar refractivity (Wildman–Crippen MR) is 232 cm³/mol. The molecule has 1 fully saturated rings. The summed E-state index contributed by atoms with van der Waals surface area (Å²) in [4.78, 5) is 28.8. The molecule has 0 aliphatic heterocycles. The van der Waals surface area contributed by atoms with E-state index in [4.69, 9.17) is 0 Å². The van der Waals surface area contributed by atoms with Crippen molar-refractivity contribution in [2.75, 3.05) is 0 Å². The summed E-state index contributed by atoms with van der Waals surface area (Å²) in [5, 5.41) is 0. The third kappa shape index (κ3) is 14.2. The van der Waals surface area contributed by atoms with E-state index >= 15 is 0 Å². The zero-order valence-electron chi connectivity index (χ0n) is 39.0. The van der Waals surface area contributed by atoms with Gasteiger partial charge < -0.3 is 0 Å². The van der Waals surface area contributed by atoms with E-state index in [0.29, 0.717) is 11.3 Å². The van der Waals surface area contributed by atoms with Crippen LogP contribution in [-0.4, -0.2) is 22.7 Å². The lowest BCUT2D eigenvalue weighted by molar-refractivity contribution is -0.683. The van der Waals surface area contributed by atoms with E-state index in [1.54, 1.807) is 35.3 Å². The highest BCUT2D eigenvalue weighted by Crippen LogP contribution is 2.41. The van der Waals surface area contributed by atoms with Crippen molar-refractivity contribution in [3.63, 3.8) is 0 Å². The van der Waals surface area contributed by atoms with E-state index in [1.807, 2.05) is 18.2 Å². The van der Waals surface area contributed by atoms with Crippen LogP contribution >= 0.6 is 0 Å². The van der Waals surface area contributed by atoms with Crippen molar-refractivity contribution in [3.8, 4) is 0 Å². The Morgan fingerprint density at radius 2 is 0.709 bits per heavy atom. The van der Waals surface area contributed by atoms with Crippen LogP contribution in [0, 0.1) is 5.92 Å². The molecule has 0 saturated heterocycles. The number of benzene rings is 5. The molecule has 1 aliphatic carbocycles. The number of hydrogen-bond donors (Lipinski definition) is 0. The van der Waals surface area contributed by atoms with Gasteiger partial charge in [0, 0.05) is 11.5 Å². The first kappa shape index (κ1) is 61.1. The van der Waals surface area contributed by atoms with Gasteiger partial charge in [0.2, 0.25) is 12.3 Å². The van der Waals surface area contributed by atoms with Crippen LogP contribution in [0.5, 0.6) is 0 Å². The summed E-state index contributed by atoms with van der Waals surface area (Å²) in [6.45, 7) is 0.220. The van der Waals surface area contributed by atoms with Gasteiger partial charge in [-0.1, -0.05) is 91.7 Å². The number of Topliss-reactive ketones (excluding diaryl/α,β-unsaturated/α-hetero) is 2. The fourth-order valence-electron chi connectivity index (χ4n) is 9.01. The number of ketones is 2. The molecule has 0 unspecified atom stereocenters. The van der Waals surface area contributed by atoms with Gasteiger partial charge in [0.15, 0.2) is 23.9 Å². The predicted octanol–water partition coefficient (Wildman–Crippen LogP) is 13.8. The zero-order chi connectivity index (χ0) is 59.3. The molecular weight excluding hydrogens is 1130 g/mol. The number of hydrogen-bond acceptors (Lipinski definition) is 3. The SMILES string of the molecule is FC(F)(F)c1cc([B-](c2cc(C(F)(F)F)cc(C(F)(F)F)c2)(c2cc(C(F)(F)F)cc(C(F)(F)F)c2)c2cc(C(F)(F)F)cc(C(F)(F)F)c2)cc(C(F)(F)F)c1.O=C(C[n+]1ccnc(C(=O)C2CCCC2)c1)c1ccccc1. The van der Waals surface area contributed by atoms with Crippen LogP contribution in [-0.2, 0) is 56.0 Å². The monoisotopic (exact) mass is 1160 g/mol. The van der Waals surface area contributed by atoms with Crippen molar-refractivity contribution in [1.29, 1.82) is 0 Å². The summed E-state index contributed by atoms with van der Waals surface area (Å²) >= 11 is 0. The quantitative estimate of drug-likeness (QED) is 0.0627. The van der Waals surface area contributed by atoms with Crippen molar-refractivity contribution in [3.05, 3.63) is 177 Å². The van der Waals surface area contributed by atoms with Crippen molar-refractivity contribution >= 4 is 39.6 Å². The van der Waals surface area contributed by atoms with Gasteiger partial charge in [-0.2, -0.15) is 132 Å². The number of rotatable bonds is 9. The fourth-order valence-corrected chi connectivity index (χ4v) is 9.01. The first-order chi connectivity index (χ1) is 36.0. The van der Waals surface area contributed by atoms with E-state index in [9.17, 15) is 115 Å². The zero-order valence-corrected chi connectivity index (χ0v) is 39.0. The molecule has 0 amide bonds. The molecule has 1 saturated carbocycles. The number of aromatic nitrogens is 2. The van der Waals surface area contributed by atoms with Gasteiger partial charge in [-0.15, -0.1) is 0 Å². The lowest BCUT2D eigenvalue weighted by Gasteiger charge is -2.46. The topological polar surface area (TPSA) is 50.9 Å². The Kier molecular flexibility index (Phi) is 16.6. The lowest BCUT2D eigenvalue weighted by atomic mass is 9.12. The summed E-state index contributed by atoms with van der Waals surface area (Å²) in [5.74, 6) is 0.239. The van der Waals surface area contributed by atoms with Gasteiger partial charge in [0.25, 0.3) is 0 Å². The van der Waals surface area contributed by atoms with Crippen molar-refractivity contribution in [1.82, 2.24) is 4.98 Å². The molecule has 1 heterocycles. The third-order valence-corrected chi connectivity index (χ3v) is 12.6. The van der Waals surface area contributed by atoms with Crippen molar-refractivity contribution in [2.24, 2.45) is 5.92 Å². The van der Waals surface area contributed by atoms with E-state index in [0.717, 1.165) is 25.7 Å². The van der Waals surface area contributed by atoms with E-state index < -0.39 is 195 Å². The summed E-state index contributed by atoms with van der Waals surface area (Å²) in [6, 6.07) is 0.367. The minimum atomic E-state index is -6.13. The van der Waals surface area contributed by atoms with Crippen LogP contribution in [0.4, 0.5) is 105 Å². The first-order valence-corrected chi connectivity index (χ1v) is 22.3. The number of halogens is 24. The molecule has 1 aromatic heterocycles.